The third kappa shape index (κ3) is 4.18. The van der Waals surface area contributed by atoms with Gasteiger partial charge >= 0.3 is 0 Å². The van der Waals surface area contributed by atoms with Gasteiger partial charge in [-0.05, 0) is 12.1 Å². The molecule has 0 spiro atoms. The van der Waals surface area contributed by atoms with E-state index in [9.17, 15) is 4.79 Å². The summed E-state index contributed by atoms with van der Waals surface area (Å²) in [6.45, 7) is 7.94. The number of ether oxygens (including phenoxy) is 1. The molecule has 0 atom stereocenters. The smallest absolute Gasteiger partial charge is 0.247 e. The van der Waals surface area contributed by atoms with Gasteiger partial charge in [0.05, 0.1) is 19.0 Å². The Kier molecular flexibility index (Phi) is 5.64. The van der Waals surface area contributed by atoms with E-state index in [1.54, 1.807) is 20.2 Å². The molecule has 4 rings (SSSR count). The zero-order valence-electron chi connectivity index (χ0n) is 17.0. The fraction of sp³-hybridized carbons (Fsp3) is 0.500. The predicted octanol–water partition coefficient (Wildman–Crippen LogP) is 0.875. The molecule has 2 aliphatic heterocycles. The van der Waals surface area contributed by atoms with E-state index in [2.05, 4.69) is 31.0 Å². The van der Waals surface area contributed by atoms with Gasteiger partial charge in [-0.2, -0.15) is 10.1 Å². The van der Waals surface area contributed by atoms with Crippen molar-refractivity contribution in [3.05, 3.63) is 30.5 Å². The van der Waals surface area contributed by atoms with Crippen molar-refractivity contribution in [1.29, 1.82) is 0 Å². The number of methoxy groups -OCH3 is 1. The Morgan fingerprint density at radius 1 is 0.931 bits per heavy atom. The summed E-state index contributed by atoms with van der Waals surface area (Å²) < 4.78 is 5.50. The number of hydrogen-bond acceptors (Lipinski definition) is 8. The van der Waals surface area contributed by atoms with Gasteiger partial charge in [0.25, 0.3) is 0 Å². The summed E-state index contributed by atoms with van der Waals surface area (Å²) in [6.07, 6.45) is 1.73. The van der Waals surface area contributed by atoms with Crippen molar-refractivity contribution < 1.29 is 9.53 Å². The first-order valence-electron chi connectivity index (χ1n) is 9.99. The second-order valence-corrected chi connectivity index (χ2v) is 7.25. The van der Waals surface area contributed by atoms with Crippen LogP contribution in [0.4, 0.5) is 17.5 Å². The Bertz CT molecular complexity index is 846. The Morgan fingerprint density at radius 3 is 2.28 bits per heavy atom. The minimum absolute atomic E-state index is 0.116. The molecular weight excluding hydrogens is 370 g/mol. The molecule has 0 unspecified atom stereocenters. The number of aromatic nitrogens is 3. The number of nitrogens with zero attached hydrogens (tertiary/aromatic N) is 7. The zero-order chi connectivity index (χ0) is 20.2. The maximum Gasteiger partial charge on any atom is 0.247 e. The van der Waals surface area contributed by atoms with Crippen LogP contribution in [-0.4, -0.2) is 85.5 Å². The number of hydrogen-bond donors (Lipinski definition) is 0. The highest BCUT2D eigenvalue weighted by atomic mass is 16.5. The number of amides is 1. The van der Waals surface area contributed by atoms with Crippen LogP contribution >= 0.6 is 0 Å². The third-order valence-corrected chi connectivity index (χ3v) is 5.57. The second kappa shape index (κ2) is 8.50. The van der Waals surface area contributed by atoms with Gasteiger partial charge in [0.15, 0.2) is 5.82 Å². The molecule has 0 N–H and O–H groups in total. The molecule has 1 aromatic heterocycles. The Balaban J connectivity index is 1.39. The summed E-state index contributed by atoms with van der Waals surface area (Å²) in [7, 11) is 1.71. The summed E-state index contributed by atoms with van der Waals surface area (Å²) in [5, 5.41) is 8.40. The monoisotopic (exact) mass is 397 g/mol. The van der Waals surface area contributed by atoms with E-state index in [-0.39, 0.29) is 5.91 Å². The summed E-state index contributed by atoms with van der Waals surface area (Å²) in [5.41, 5.74) is 1.12. The van der Waals surface area contributed by atoms with Crippen LogP contribution in [0.1, 0.15) is 6.92 Å². The first kappa shape index (κ1) is 19.2. The standard InChI is InChI=1S/C20H27N7O2/c1-16(28)24-7-13-27(14-8-24)20-22-19(15-21-23-20)26-11-9-25(10-12-26)17-5-3-4-6-18(17)29-2/h3-6,15H,7-14H2,1-2H3. The van der Waals surface area contributed by atoms with Crippen molar-refractivity contribution >= 4 is 23.4 Å². The lowest BCUT2D eigenvalue weighted by molar-refractivity contribution is -0.129. The number of benzene rings is 1. The van der Waals surface area contributed by atoms with Gasteiger partial charge in [0.1, 0.15) is 5.75 Å². The number of anilines is 3. The highest BCUT2D eigenvalue weighted by molar-refractivity contribution is 5.73. The van der Waals surface area contributed by atoms with Gasteiger partial charge in [-0.25, -0.2) is 0 Å². The average Bonchev–Trinajstić information content (AvgIpc) is 2.79. The van der Waals surface area contributed by atoms with Gasteiger partial charge in [0, 0.05) is 59.3 Å². The lowest BCUT2D eigenvalue weighted by atomic mass is 10.2. The lowest BCUT2D eigenvalue weighted by Gasteiger charge is -2.37. The van der Waals surface area contributed by atoms with Crippen LogP contribution in [-0.2, 0) is 4.79 Å². The molecule has 9 nitrogen and oxygen atoms in total. The molecule has 9 heteroatoms. The molecule has 2 aromatic rings. The fourth-order valence-corrected chi connectivity index (χ4v) is 3.86. The number of carbonyl (C=O) groups is 1. The van der Waals surface area contributed by atoms with E-state index in [1.807, 2.05) is 23.1 Å². The largest absolute Gasteiger partial charge is 0.495 e. The molecule has 2 saturated heterocycles. The molecule has 0 bridgehead atoms. The lowest BCUT2D eigenvalue weighted by Crippen LogP contribution is -2.49. The van der Waals surface area contributed by atoms with E-state index in [0.717, 1.165) is 56.5 Å². The van der Waals surface area contributed by atoms with Crippen LogP contribution in [0.15, 0.2) is 30.5 Å². The molecule has 0 saturated carbocycles. The number of piperazine rings is 2. The second-order valence-electron chi connectivity index (χ2n) is 7.25. The van der Waals surface area contributed by atoms with Gasteiger partial charge in [-0.3, -0.25) is 4.79 Å². The zero-order valence-corrected chi connectivity index (χ0v) is 17.0. The summed E-state index contributed by atoms with van der Waals surface area (Å²) in [4.78, 5) is 24.8. The molecule has 2 fully saturated rings. The molecule has 1 amide bonds. The fourth-order valence-electron chi connectivity index (χ4n) is 3.86. The quantitative estimate of drug-likeness (QED) is 0.752. The third-order valence-electron chi connectivity index (χ3n) is 5.57. The van der Waals surface area contributed by atoms with Gasteiger partial charge < -0.3 is 24.3 Å². The number of para-hydroxylation sites is 2. The minimum atomic E-state index is 0.116. The van der Waals surface area contributed by atoms with Gasteiger partial charge in [-0.1, -0.05) is 12.1 Å². The highest BCUT2D eigenvalue weighted by Gasteiger charge is 2.24. The molecule has 0 radical (unpaired) electrons. The maximum absolute atomic E-state index is 11.5. The SMILES string of the molecule is COc1ccccc1N1CCN(c2cnnc(N3CCN(C(C)=O)CC3)n2)CC1. The van der Waals surface area contributed by atoms with E-state index in [4.69, 9.17) is 9.72 Å². The van der Waals surface area contributed by atoms with Crippen molar-refractivity contribution in [1.82, 2.24) is 20.1 Å². The van der Waals surface area contributed by atoms with Crippen molar-refractivity contribution in [3.8, 4) is 5.75 Å². The Morgan fingerprint density at radius 2 is 1.59 bits per heavy atom. The highest BCUT2D eigenvalue weighted by Crippen LogP contribution is 2.29. The maximum atomic E-state index is 11.5. The first-order valence-corrected chi connectivity index (χ1v) is 9.99. The van der Waals surface area contributed by atoms with Crippen LogP contribution < -0.4 is 19.4 Å². The molecule has 2 aliphatic rings. The summed E-state index contributed by atoms with van der Waals surface area (Å²) in [6, 6.07) is 8.12. The predicted molar refractivity (Wildman–Crippen MR) is 112 cm³/mol. The molecule has 0 aliphatic carbocycles. The Labute approximate surface area is 170 Å². The van der Waals surface area contributed by atoms with E-state index in [0.29, 0.717) is 19.0 Å². The van der Waals surface area contributed by atoms with Crippen LogP contribution in [0.25, 0.3) is 0 Å². The van der Waals surface area contributed by atoms with Crippen molar-refractivity contribution in [3.63, 3.8) is 0 Å². The van der Waals surface area contributed by atoms with Crippen molar-refractivity contribution in [2.45, 2.75) is 6.92 Å². The van der Waals surface area contributed by atoms with Gasteiger partial charge in [-0.15, -0.1) is 5.10 Å². The molecule has 29 heavy (non-hydrogen) atoms. The van der Waals surface area contributed by atoms with Crippen LogP contribution in [0.5, 0.6) is 5.75 Å². The van der Waals surface area contributed by atoms with Gasteiger partial charge in [0.2, 0.25) is 11.9 Å². The first-order chi connectivity index (χ1) is 14.2. The molecule has 1 aromatic carbocycles. The van der Waals surface area contributed by atoms with E-state index in [1.165, 1.54) is 0 Å². The molecule has 154 valence electrons. The average molecular weight is 397 g/mol. The number of rotatable bonds is 4. The van der Waals surface area contributed by atoms with Crippen molar-refractivity contribution in [2.24, 2.45) is 0 Å². The Hall–Kier alpha value is -3.10. The van der Waals surface area contributed by atoms with Crippen molar-refractivity contribution in [2.75, 3.05) is 74.2 Å². The van der Waals surface area contributed by atoms with Crippen LogP contribution in [0.3, 0.4) is 0 Å². The molecular formula is C20H27N7O2. The molecule has 3 heterocycles. The summed E-state index contributed by atoms with van der Waals surface area (Å²) in [5.74, 6) is 2.50. The summed E-state index contributed by atoms with van der Waals surface area (Å²) >= 11 is 0. The van der Waals surface area contributed by atoms with E-state index >= 15 is 0 Å². The minimum Gasteiger partial charge on any atom is -0.495 e. The normalized spacial score (nSPS) is 17.4. The van der Waals surface area contributed by atoms with E-state index < -0.39 is 0 Å². The number of carbonyl (C=O) groups excluding carboxylic acids is 1. The van der Waals surface area contributed by atoms with Crippen LogP contribution in [0, 0.1) is 0 Å². The van der Waals surface area contributed by atoms with Crippen LogP contribution in [0.2, 0.25) is 0 Å². The topological polar surface area (TPSA) is 77.9 Å².